The molecule has 29 heavy (non-hydrogen) atoms. The molecule has 2 aromatic rings. The Morgan fingerprint density at radius 1 is 1.34 bits per heavy atom. The van der Waals surface area contributed by atoms with Crippen LogP contribution in [0, 0.1) is 5.92 Å². The minimum absolute atomic E-state index is 0.0664. The first-order chi connectivity index (χ1) is 13.9. The Morgan fingerprint density at radius 3 is 2.90 bits per heavy atom. The molecule has 0 radical (unpaired) electrons. The summed E-state index contributed by atoms with van der Waals surface area (Å²) in [7, 11) is 0. The molecule has 3 N–H and O–H groups in total. The number of halogens is 2. The molecule has 1 fully saturated rings. The van der Waals surface area contributed by atoms with Crippen LogP contribution >= 0.6 is 11.8 Å². The van der Waals surface area contributed by atoms with E-state index < -0.39 is 5.76 Å². The smallest absolute Gasteiger partial charge is 0.291 e. The number of hydrogen-bond acceptors (Lipinski definition) is 5. The molecule has 1 aliphatic heterocycles. The van der Waals surface area contributed by atoms with E-state index in [9.17, 15) is 18.4 Å². The van der Waals surface area contributed by atoms with Gasteiger partial charge in [-0.15, -0.1) is 0 Å². The number of imidazole rings is 1. The predicted octanol–water partition coefficient (Wildman–Crippen LogP) is 2.05. The number of carbonyl (C=O) groups is 2. The number of para-hydroxylation sites is 2. The standard InChI is InChI=1S/C19H25F2N5O2S/c20-18(21)29-19-24-14-6-1-2-7-15(14)26(19)12-16(27)23-8-4-10-25-9-3-5-13(11-25)17(22)28/h1-2,6-7,13,18H,3-5,8-12H2,(H2,22,28)(H,23,27). The topological polar surface area (TPSA) is 93.3 Å². The van der Waals surface area contributed by atoms with E-state index in [1.807, 2.05) is 0 Å². The molecule has 1 atom stereocenters. The third kappa shape index (κ3) is 5.89. The Labute approximate surface area is 172 Å². The zero-order valence-electron chi connectivity index (χ0n) is 16.0. The minimum Gasteiger partial charge on any atom is -0.369 e. The quantitative estimate of drug-likeness (QED) is 0.474. The lowest BCUT2D eigenvalue weighted by Crippen LogP contribution is -2.42. The van der Waals surface area contributed by atoms with Crippen LogP contribution in [0.1, 0.15) is 19.3 Å². The Hall–Kier alpha value is -2.20. The van der Waals surface area contributed by atoms with Crippen molar-refractivity contribution in [2.45, 2.75) is 36.7 Å². The second-order valence-electron chi connectivity index (χ2n) is 7.09. The number of primary amides is 1. The summed E-state index contributed by atoms with van der Waals surface area (Å²) in [4.78, 5) is 30.1. The van der Waals surface area contributed by atoms with Crippen molar-refractivity contribution in [1.82, 2.24) is 19.8 Å². The molecule has 10 heteroatoms. The van der Waals surface area contributed by atoms with Gasteiger partial charge in [-0.3, -0.25) is 9.59 Å². The number of piperidine rings is 1. The summed E-state index contributed by atoms with van der Waals surface area (Å²) < 4.78 is 27.2. The highest BCUT2D eigenvalue weighted by atomic mass is 32.2. The maximum atomic E-state index is 12.8. The Kier molecular flexibility index (Phi) is 7.43. The maximum Gasteiger partial charge on any atom is 0.291 e. The number of hydrogen-bond donors (Lipinski definition) is 2. The first kappa shape index (κ1) is 21.5. The van der Waals surface area contributed by atoms with E-state index in [4.69, 9.17) is 5.73 Å². The molecule has 2 heterocycles. The molecule has 7 nitrogen and oxygen atoms in total. The lowest BCUT2D eigenvalue weighted by Gasteiger charge is -2.31. The van der Waals surface area contributed by atoms with Crippen molar-refractivity contribution in [3.8, 4) is 0 Å². The molecular formula is C19H25F2N5O2S. The van der Waals surface area contributed by atoms with Gasteiger partial charge in [0.15, 0.2) is 5.16 Å². The number of aromatic nitrogens is 2. The summed E-state index contributed by atoms with van der Waals surface area (Å²) in [5, 5.41) is 2.96. The fraction of sp³-hybridized carbons (Fsp3) is 0.526. The van der Waals surface area contributed by atoms with Gasteiger partial charge in [0.1, 0.15) is 6.54 Å². The first-order valence-corrected chi connectivity index (χ1v) is 10.5. The number of nitrogens with zero attached hydrogens (tertiary/aromatic N) is 3. The van der Waals surface area contributed by atoms with Crippen molar-refractivity contribution in [3.63, 3.8) is 0 Å². The highest BCUT2D eigenvalue weighted by Crippen LogP contribution is 2.28. The van der Waals surface area contributed by atoms with Crippen molar-refractivity contribution >= 4 is 34.6 Å². The first-order valence-electron chi connectivity index (χ1n) is 9.62. The maximum absolute atomic E-state index is 12.8. The number of amides is 2. The fourth-order valence-electron chi connectivity index (χ4n) is 3.60. The molecule has 0 spiro atoms. The molecular weight excluding hydrogens is 400 g/mol. The monoisotopic (exact) mass is 425 g/mol. The molecule has 1 saturated heterocycles. The zero-order chi connectivity index (χ0) is 20.8. The summed E-state index contributed by atoms with van der Waals surface area (Å²) in [5.41, 5.74) is 6.62. The molecule has 3 rings (SSSR count). The zero-order valence-corrected chi connectivity index (χ0v) is 16.8. The van der Waals surface area contributed by atoms with Gasteiger partial charge in [0, 0.05) is 13.1 Å². The summed E-state index contributed by atoms with van der Waals surface area (Å²) >= 11 is 0.336. The van der Waals surface area contributed by atoms with Gasteiger partial charge < -0.3 is 20.5 Å². The third-order valence-corrected chi connectivity index (χ3v) is 5.70. The van der Waals surface area contributed by atoms with E-state index in [2.05, 4.69) is 15.2 Å². The van der Waals surface area contributed by atoms with Crippen LogP contribution in [0.3, 0.4) is 0 Å². The Morgan fingerprint density at radius 2 is 2.14 bits per heavy atom. The molecule has 2 amide bonds. The number of nitrogens with two attached hydrogens (primary N) is 1. The van der Waals surface area contributed by atoms with Gasteiger partial charge in [-0.2, -0.15) is 8.78 Å². The van der Waals surface area contributed by atoms with E-state index in [1.54, 1.807) is 24.3 Å². The second kappa shape index (κ2) is 10.0. The van der Waals surface area contributed by atoms with Crippen molar-refractivity contribution in [1.29, 1.82) is 0 Å². The summed E-state index contributed by atoms with van der Waals surface area (Å²) in [6.07, 6.45) is 2.51. The predicted molar refractivity (Wildman–Crippen MR) is 108 cm³/mol. The number of carbonyl (C=O) groups excluding carboxylic acids is 2. The van der Waals surface area contributed by atoms with Gasteiger partial charge in [-0.25, -0.2) is 4.98 Å². The number of fused-ring (bicyclic) bond motifs is 1. The van der Waals surface area contributed by atoms with Crippen LogP contribution < -0.4 is 11.1 Å². The molecule has 1 unspecified atom stereocenters. The Bertz CT molecular complexity index is 860. The van der Waals surface area contributed by atoms with E-state index in [0.29, 0.717) is 35.9 Å². The average Bonchev–Trinajstić information content (AvgIpc) is 3.02. The van der Waals surface area contributed by atoms with Crippen LogP contribution in [0.2, 0.25) is 0 Å². The molecule has 0 aliphatic carbocycles. The number of nitrogens with one attached hydrogen (secondary N) is 1. The molecule has 1 aliphatic rings. The molecule has 0 bridgehead atoms. The van der Waals surface area contributed by atoms with Gasteiger partial charge in [0.2, 0.25) is 11.8 Å². The normalized spacial score (nSPS) is 17.7. The number of likely N-dealkylation sites (tertiary alicyclic amines) is 1. The second-order valence-corrected chi connectivity index (χ2v) is 8.05. The summed E-state index contributed by atoms with van der Waals surface area (Å²) in [6, 6.07) is 7.06. The summed E-state index contributed by atoms with van der Waals surface area (Å²) in [5.74, 6) is -3.22. The van der Waals surface area contributed by atoms with Crippen LogP contribution in [-0.2, 0) is 16.1 Å². The van der Waals surface area contributed by atoms with Gasteiger partial charge in [-0.1, -0.05) is 12.1 Å². The van der Waals surface area contributed by atoms with Crippen LogP contribution in [0.4, 0.5) is 8.78 Å². The molecule has 1 aromatic carbocycles. The fourth-order valence-corrected chi connectivity index (χ4v) is 4.20. The largest absolute Gasteiger partial charge is 0.369 e. The average molecular weight is 426 g/mol. The lowest BCUT2D eigenvalue weighted by atomic mass is 9.97. The molecule has 1 aromatic heterocycles. The van der Waals surface area contributed by atoms with Crippen LogP contribution in [0.15, 0.2) is 29.4 Å². The van der Waals surface area contributed by atoms with E-state index in [1.165, 1.54) is 4.57 Å². The van der Waals surface area contributed by atoms with Crippen molar-refractivity contribution in [2.24, 2.45) is 11.7 Å². The minimum atomic E-state index is -2.61. The molecule has 158 valence electrons. The van der Waals surface area contributed by atoms with Crippen molar-refractivity contribution in [3.05, 3.63) is 24.3 Å². The summed E-state index contributed by atoms with van der Waals surface area (Å²) in [6.45, 7) is 2.76. The third-order valence-electron chi connectivity index (χ3n) is 5.00. The highest BCUT2D eigenvalue weighted by Gasteiger charge is 2.23. The van der Waals surface area contributed by atoms with E-state index in [0.717, 1.165) is 32.4 Å². The molecule has 0 saturated carbocycles. The van der Waals surface area contributed by atoms with Crippen LogP contribution in [0.25, 0.3) is 11.0 Å². The van der Waals surface area contributed by atoms with Crippen molar-refractivity contribution in [2.75, 3.05) is 26.2 Å². The van der Waals surface area contributed by atoms with E-state index >= 15 is 0 Å². The number of alkyl halides is 2. The van der Waals surface area contributed by atoms with Gasteiger partial charge in [0.25, 0.3) is 5.76 Å². The van der Waals surface area contributed by atoms with Gasteiger partial charge in [-0.05, 0) is 56.2 Å². The van der Waals surface area contributed by atoms with Gasteiger partial charge >= 0.3 is 0 Å². The number of rotatable bonds is 9. The van der Waals surface area contributed by atoms with Crippen LogP contribution in [0.5, 0.6) is 0 Å². The Balaban J connectivity index is 1.50. The van der Waals surface area contributed by atoms with E-state index in [-0.39, 0.29) is 29.4 Å². The number of thioether (sulfide) groups is 1. The van der Waals surface area contributed by atoms with Crippen LogP contribution in [-0.4, -0.2) is 58.2 Å². The number of benzene rings is 1. The highest BCUT2D eigenvalue weighted by molar-refractivity contribution is 7.99. The lowest BCUT2D eigenvalue weighted by molar-refractivity contribution is -0.123. The van der Waals surface area contributed by atoms with Gasteiger partial charge in [0.05, 0.1) is 17.0 Å². The van der Waals surface area contributed by atoms with Crippen molar-refractivity contribution < 1.29 is 18.4 Å². The SMILES string of the molecule is NC(=O)C1CCCN(CCCNC(=O)Cn2c(SC(F)F)nc3ccccc32)C1.